The van der Waals surface area contributed by atoms with Crippen LogP contribution in [0.25, 0.3) is 0 Å². The number of rotatable bonds is 5. The van der Waals surface area contributed by atoms with Crippen molar-refractivity contribution >= 4 is 27.5 Å². The highest BCUT2D eigenvalue weighted by Gasteiger charge is 2.21. The van der Waals surface area contributed by atoms with Crippen LogP contribution in [0.3, 0.4) is 0 Å². The number of hydrogen-bond donors (Lipinski definition) is 2. The first-order chi connectivity index (χ1) is 11.1. The molecule has 0 fully saturated rings. The third-order valence-electron chi connectivity index (χ3n) is 3.40. The maximum Gasteiger partial charge on any atom is 0.337 e. The van der Waals surface area contributed by atoms with E-state index in [2.05, 4.69) is 9.71 Å². The monoisotopic (exact) mass is 349 g/mol. The molecule has 8 heteroatoms. The molecule has 1 aromatic carbocycles. The van der Waals surface area contributed by atoms with Gasteiger partial charge in [0.2, 0.25) is 0 Å². The molecule has 0 radical (unpaired) electrons. The lowest BCUT2D eigenvalue weighted by molar-refractivity contribution is 0.0696. The van der Waals surface area contributed by atoms with E-state index in [1.165, 1.54) is 18.3 Å². The Balaban J connectivity index is 2.52. The van der Waals surface area contributed by atoms with Crippen LogP contribution in [0.4, 0.5) is 11.5 Å². The summed E-state index contributed by atoms with van der Waals surface area (Å²) in [5.41, 5.74) is 1.57. The smallest absolute Gasteiger partial charge is 0.337 e. The molecule has 0 unspecified atom stereocenters. The van der Waals surface area contributed by atoms with Crippen LogP contribution in [0.5, 0.6) is 0 Å². The molecule has 0 spiro atoms. The van der Waals surface area contributed by atoms with Crippen molar-refractivity contribution in [1.29, 1.82) is 0 Å². The van der Waals surface area contributed by atoms with E-state index in [0.29, 0.717) is 11.4 Å². The summed E-state index contributed by atoms with van der Waals surface area (Å²) in [6, 6.07) is 6.26. The molecule has 0 aliphatic rings. The normalized spacial score (nSPS) is 11.2. The van der Waals surface area contributed by atoms with Crippen LogP contribution in [0.1, 0.15) is 21.5 Å². The minimum Gasteiger partial charge on any atom is -0.478 e. The fourth-order valence-electron chi connectivity index (χ4n) is 2.31. The first kappa shape index (κ1) is 17.7. The van der Waals surface area contributed by atoms with Gasteiger partial charge in [-0.15, -0.1) is 0 Å². The van der Waals surface area contributed by atoms with E-state index in [1.807, 2.05) is 6.92 Å². The number of sulfonamides is 1. The van der Waals surface area contributed by atoms with Gasteiger partial charge < -0.3 is 10.0 Å². The van der Waals surface area contributed by atoms with Crippen molar-refractivity contribution in [3.05, 3.63) is 47.2 Å². The third-order valence-corrected chi connectivity index (χ3v) is 4.93. The molecule has 0 aliphatic carbocycles. The Kier molecular flexibility index (Phi) is 4.79. The molecule has 0 bridgehead atoms. The molecule has 0 amide bonds. The Bertz CT molecular complexity index is 892. The van der Waals surface area contributed by atoms with Crippen molar-refractivity contribution in [2.75, 3.05) is 23.7 Å². The highest BCUT2D eigenvalue weighted by Crippen LogP contribution is 2.27. The first-order valence-corrected chi connectivity index (χ1v) is 8.61. The Morgan fingerprint density at radius 3 is 2.42 bits per heavy atom. The Morgan fingerprint density at radius 1 is 1.21 bits per heavy atom. The highest BCUT2D eigenvalue weighted by atomic mass is 32.2. The number of carboxylic acids is 1. The number of pyridine rings is 1. The van der Waals surface area contributed by atoms with Crippen LogP contribution < -0.4 is 9.62 Å². The van der Waals surface area contributed by atoms with Gasteiger partial charge in [0.05, 0.1) is 16.1 Å². The highest BCUT2D eigenvalue weighted by molar-refractivity contribution is 7.92. The van der Waals surface area contributed by atoms with Gasteiger partial charge in [-0.25, -0.2) is 18.2 Å². The van der Waals surface area contributed by atoms with Crippen LogP contribution >= 0.6 is 0 Å². The molecule has 2 N–H and O–H groups in total. The average molecular weight is 349 g/mol. The molecule has 0 atom stereocenters. The zero-order chi connectivity index (χ0) is 18.1. The lowest BCUT2D eigenvalue weighted by Crippen LogP contribution is -2.19. The lowest BCUT2D eigenvalue weighted by Gasteiger charge is -2.18. The molecule has 128 valence electrons. The maximum absolute atomic E-state index is 12.7. The molecule has 0 saturated heterocycles. The number of anilines is 2. The van der Waals surface area contributed by atoms with Gasteiger partial charge >= 0.3 is 5.97 Å². The Morgan fingerprint density at radius 2 is 1.88 bits per heavy atom. The van der Waals surface area contributed by atoms with Crippen molar-refractivity contribution in [1.82, 2.24) is 4.98 Å². The molecule has 0 saturated carbocycles. The van der Waals surface area contributed by atoms with Gasteiger partial charge in [-0.3, -0.25) is 4.72 Å². The summed E-state index contributed by atoms with van der Waals surface area (Å²) in [7, 11) is -0.485. The van der Waals surface area contributed by atoms with Crippen LogP contribution in [-0.2, 0) is 10.0 Å². The predicted molar refractivity (Wildman–Crippen MR) is 92.2 cm³/mol. The van der Waals surface area contributed by atoms with Crippen molar-refractivity contribution in [3.8, 4) is 0 Å². The second-order valence-corrected chi connectivity index (χ2v) is 7.32. The van der Waals surface area contributed by atoms with Crippen molar-refractivity contribution in [3.63, 3.8) is 0 Å². The number of aromatic nitrogens is 1. The van der Waals surface area contributed by atoms with Crippen LogP contribution in [0.15, 0.2) is 35.4 Å². The molecule has 2 rings (SSSR count). The van der Waals surface area contributed by atoms with Crippen molar-refractivity contribution in [2.45, 2.75) is 18.7 Å². The summed E-state index contributed by atoms with van der Waals surface area (Å²) >= 11 is 0. The van der Waals surface area contributed by atoms with E-state index in [4.69, 9.17) is 5.11 Å². The van der Waals surface area contributed by atoms with Gasteiger partial charge in [-0.1, -0.05) is 17.7 Å². The van der Waals surface area contributed by atoms with Crippen LogP contribution in [-0.4, -0.2) is 38.6 Å². The fraction of sp³-hybridized carbons (Fsp3) is 0.250. The quantitative estimate of drug-likeness (QED) is 0.859. The SMILES string of the molecule is Cc1ccc(S(=O)(=O)Nc2cc(C(=O)O)cnc2N(C)C)c(C)c1. The zero-order valence-corrected chi connectivity index (χ0v) is 14.7. The van der Waals surface area contributed by atoms with Gasteiger partial charge in [0, 0.05) is 20.3 Å². The van der Waals surface area contributed by atoms with Gasteiger partial charge in [0.15, 0.2) is 5.82 Å². The topological polar surface area (TPSA) is 99.6 Å². The van der Waals surface area contributed by atoms with E-state index in [1.54, 1.807) is 38.1 Å². The first-order valence-electron chi connectivity index (χ1n) is 7.12. The molecule has 1 aromatic heterocycles. The van der Waals surface area contributed by atoms with E-state index in [9.17, 15) is 13.2 Å². The average Bonchev–Trinajstić information content (AvgIpc) is 2.45. The number of hydrogen-bond acceptors (Lipinski definition) is 5. The number of aryl methyl sites for hydroxylation is 2. The standard InChI is InChI=1S/C16H19N3O4S/c1-10-5-6-14(11(2)7-10)24(22,23)18-13-8-12(16(20)21)9-17-15(13)19(3)4/h5-9,18H,1-4H3,(H,20,21). The lowest BCUT2D eigenvalue weighted by atomic mass is 10.2. The third kappa shape index (κ3) is 3.65. The minimum atomic E-state index is -3.87. The summed E-state index contributed by atoms with van der Waals surface area (Å²) in [6.45, 7) is 3.58. The van der Waals surface area contributed by atoms with Gasteiger partial charge in [0.1, 0.15) is 0 Å². The number of carbonyl (C=O) groups is 1. The molecule has 1 heterocycles. The largest absolute Gasteiger partial charge is 0.478 e. The fourth-order valence-corrected chi connectivity index (χ4v) is 3.59. The number of aromatic carboxylic acids is 1. The number of carboxylic acid groups (broad SMARTS) is 1. The Labute approximate surface area is 141 Å². The van der Waals surface area contributed by atoms with Gasteiger partial charge in [-0.2, -0.15) is 0 Å². The number of benzene rings is 1. The van der Waals surface area contributed by atoms with Gasteiger partial charge in [-0.05, 0) is 31.5 Å². The second kappa shape index (κ2) is 6.48. The minimum absolute atomic E-state index is 0.0982. The van der Waals surface area contributed by atoms with E-state index < -0.39 is 16.0 Å². The van der Waals surface area contributed by atoms with E-state index >= 15 is 0 Å². The van der Waals surface area contributed by atoms with Gasteiger partial charge in [0.25, 0.3) is 10.0 Å². The summed E-state index contributed by atoms with van der Waals surface area (Å²) in [6.07, 6.45) is 1.19. The summed E-state index contributed by atoms with van der Waals surface area (Å²) in [4.78, 5) is 16.9. The van der Waals surface area contributed by atoms with Crippen LogP contribution in [0.2, 0.25) is 0 Å². The predicted octanol–water partition coefficient (Wildman–Crippen LogP) is 2.26. The summed E-state index contributed by atoms with van der Waals surface area (Å²) < 4.78 is 27.8. The second-order valence-electron chi connectivity index (χ2n) is 5.67. The number of nitrogens with zero attached hydrogens (tertiary/aromatic N) is 2. The maximum atomic E-state index is 12.7. The van der Waals surface area contributed by atoms with Crippen molar-refractivity contribution < 1.29 is 18.3 Å². The molecule has 2 aromatic rings. The van der Waals surface area contributed by atoms with Crippen LogP contribution in [0, 0.1) is 13.8 Å². The molecular weight excluding hydrogens is 330 g/mol. The molecular formula is C16H19N3O4S. The molecule has 7 nitrogen and oxygen atoms in total. The van der Waals surface area contributed by atoms with E-state index in [-0.39, 0.29) is 16.1 Å². The number of nitrogens with one attached hydrogen (secondary N) is 1. The van der Waals surface area contributed by atoms with Crippen molar-refractivity contribution in [2.24, 2.45) is 0 Å². The Hall–Kier alpha value is -2.61. The molecule has 24 heavy (non-hydrogen) atoms. The summed E-state index contributed by atoms with van der Waals surface area (Å²) in [5.74, 6) is -0.854. The zero-order valence-electron chi connectivity index (χ0n) is 13.9. The molecule has 0 aliphatic heterocycles. The summed E-state index contributed by atoms with van der Waals surface area (Å²) in [5, 5.41) is 9.10. The van der Waals surface area contributed by atoms with E-state index in [0.717, 1.165) is 5.56 Å².